The van der Waals surface area contributed by atoms with E-state index in [-0.39, 0.29) is 70.9 Å². The highest BCUT2D eigenvalue weighted by atomic mass is 32.1. The van der Waals surface area contributed by atoms with E-state index in [1.165, 1.54) is 19.6 Å². The van der Waals surface area contributed by atoms with E-state index in [2.05, 4.69) is 91.1 Å². The molecule has 4 unspecified atom stereocenters. The molecule has 0 fully saturated rings. The van der Waals surface area contributed by atoms with Crippen LogP contribution in [0.1, 0.15) is 241 Å². The van der Waals surface area contributed by atoms with Gasteiger partial charge < -0.3 is 0 Å². The Bertz CT molecular complexity index is 5530. The summed E-state index contributed by atoms with van der Waals surface area (Å²) < 4.78 is 0. The van der Waals surface area contributed by atoms with E-state index < -0.39 is 0 Å². The zero-order valence-electron chi connectivity index (χ0n) is 62.3. The lowest BCUT2D eigenvalue weighted by molar-refractivity contribution is 0.0565. The fraction of sp³-hybridized carbons (Fsp3) is 0.348. The molecule has 13 aromatic rings. The van der Waals surface area contributed by atoms with Crippen molar-refractivity contribution < 1.29 is 38.4 Å². The molecule has 542 valence electrons. The third kappa shape index (κ3) is 10.9. The average Bonchev–Trinajstić information content (AvgIpc) is 1.65. The summed E-state index contributed by atoms with van der Waals surface area (Å²) in [5, 5.41) is 14.6. The van der Waals surface area contributed by atoms with E-state index in [0.717, 1.165) is 208 Å². The average molecular weight is 1470 g/mol. The fourth-order valence-electron chi connectivity index (χ4n) is 18.6. The van der Waals surface area contributed by atoms with E-state index in [9.17, 15) is 19.2 Å². The number of hydrogen-bond donors (Lipinski definition) is 0. The maximum atomic E-state index is 15.5. The molecule has 0 bridgehead atoms. The molecule has 4 atom stereocenters. The van der Waals surface area contributed by atoms with Gasteiger partial charge in [-0.1, -0.05) is 169 Å². The van der Waals surface area contributed by atoms with Gasteiger partial charge in [0, 0.05) is 128 Å². The van der Waals surface area contributed by atoms with Crippen LogP contribution >= 0.6 is 34.0 Å². The van der Waals surface area contributed by atoms with Gasteiger partial charge in [0.05, 0.1) is 4.88 Å². The van der Waals surface area contributed by atoms with E-state index in [1.807, 2.05) is 84.9 Å². The predicted molar refractivity (Wildman–Crippen MR) is 439 cm³/mol. The summed E-state index contributed by atoms with van der Waals surface area (Å²) in [4.78, 5) is 131. The number of rotatable bonds is 28. The van der Waals surface area contributed by atoms with Gasteiger partial charge in [0.1, 0.15) is 0 Å². The van der Waals surface area contributed by atoms with Crippen molar-refractivity contribution in [2.24, 2.45) is 23.7 Å². The first-order valence-corrected chi connectivity index (χ1v) is 41.8. The Morgan fingerprint density at radius 2 is 0.533 bits per heavy atom. The van der Waals surface area contributed by atoms with Crippen molar-refractivity contribution in [3.8, 4) is 41.1 Å². The van der Waals surface area contributed by atoms with Crippen molar-refractivity contribution in [2.45, 2.75) is 158 Å². The molecule has 0 aliphatic carbocycles. The van der Waals surface area contributed by atoms with Crippen LogP contribution in [-0.4, -0.2) is 93.0 Å². The molecule has 4 aliphatic heterocycles. The number of thiophene rings is 3. The molecule has 8 amide bonds. The Balaban J connectivity index is 0.820. The first-order valence-electron chi connectivity index (χ1n) is 39.3. The van der Waals surface area contributed by atoms with E-state index >= 15 is 19.2 Å². The number of nitrogens with zero attached hydrogens (tertiary/aromatic N) is 4. The molecule has 17 rings (SSSR count). The molecule has 15 heteroatoms. The smallest absolute Gasteiger partial charge is 0.261 e. The number of hydrogen-bond acceptors (Lipinski definition) is 11. The SMILES string of the molecule is CCCCC(CC)CN1C(=O)c2ccc3c4ccc5c6c(cc(-c7ccc(-c8ccsc8-c8ccc(-c9cc%10c%11c(ccc%12c%13ccc%14c%15c(ccc(c9c%11%12)c%15%13)C(=O)N(CC(CC)CCCC)C%14=O)C(=O)N(CC(CC)CCCC)C%10=O)s8)s7)c(c7ccc(c2c37)C1=O)c64)C(=O)N(CC(CC)CCCC)C5=O. The highest BCUT2D eigenvalue weighted by Crippen LogP contribution is 2.55. The predicted octanol–water partition coefficient (Wildman–Crippen LogP) is 23.9. The minimum absolute atomic E-state index is 0.141. The van der Waals surface area contributed by atoms with Gasteiger partial charge in [0.2, 0.25) is 0 Å². The van der Waals surface area contributed by atoms with Crippen molar-refractivity contribution in [1.29, 1.82) is 0 Å². The van der Waals surface area contributed by atoms with Gasteiger partial charge in [-0.05, 0) is 198 Å². The summed E-state index contributed by atoms with van der Waals surface area (Å²) in [5.74, 6) is -1.74. The number of fused-ring (bicyclic) bond motifs is 4. The summed E-state index contributed by atoms with van der Waals surface area (Å²) in [5.41, 5.74) is 6.53. The summed E-state index contributed by atoms with van der Waals surface area (Å²) >= 11 is 4.90. The largest absolute Gasteiger partial charge is 0.274 e. The van der Waals surface area contributed by atoms with Crippen LogP contribution in [0.5, 0.6) is 0 Å². The molecule has 0 radical (unpaired) electrons. The van der Waals surface area contributed by atoms with Crippen LogP contribution in [0, 0.1) is 23.7 Å². The molecule has 0 N–H and O–H groups in total. The zero-order valence-corrected chi connectivity index (χ0v) is 64.7. The van der Waals surface area contributed by atoms with Crippen molar-refractivity contribution in [3.05, 3.63) is 165 Å². The van der Waals surface area contributed by atoms with Crippen molar-refractivity contribution >= 4 is 167 Å². The highest BCUT2D eigenvalue weighted by Gasteiger charge is 2.42. The Labute approximate surface area is 635 Å². The number of carbonyl (C=O) groups is 8. The lowest BCUT2D eigenvalue weighted by Gasteiger charge is -2.32. The lowest BCUT2D eigenvalue weighted by atomic mass is 9.80. The molecule has 3 aromatic heterocycles. The van der Waals surface area contributed by atoms with E-state index in [0.29, 0.717) is 92.2 Å². The van der Waals surface area contributed by atoms with Crippen molar-refractivity contribution in [1.82, 2.24) is 19.6 Å². The molecule has 0 saturated heterocycles. The van der Waals surface area contributed by atoms with E-state index in [1.54, 1.807) is 34.0 Å². The normalized spacial score (nSPS) is 15.8. The minimum atomic E-state index is -0.312. The Morgan fingerprint density at radius 1 is 0.262 bits per heavy atom. The molecular formula is C92H88N4O8S3. The van der Waals surface area contributed by atoms with Gasteiger partial charge >= 0.3 is 0 Å². The van der Waals surface area contributed by atoms with Crippen LogP contribution in [0.3, 0.4) is 0 Å². The highest BCUT2D eigenvalue weighted by molar-refractivity contribution is 7.24. The van der Waals surface area contributed by atoms with Gasteiger partial charge in [-0.3, -0.25) is 58.0 Å². The van der Waals surface area contributed by atoms with E-state index in [4.69, 9.17) is 0 Å². The van der Waals surface area contributed by atoms with Crippen LogP contribution in [0.15, 0.2) is 121 Å². The number of amides is 8. The molecule has 107 heavy (non-hydrogen) atoms. The van der Waals surface area contributed by atoms with Gasteiger partial charge in [-0.2, -0.15) is 0 Å². The molecule has 12 nitrogen and oxygen atoms in total. The van der Waals surface area contributed by atoms with Gasteiger partial charge in [-0.15, -0.1) is 34.0 Å². The van der Waals surface area contributed by atoms with Crippen LogP contribution in [-0.2, 0) is 0 Å². The molecule has 0 spiro atoms. The fourth-order valence-corrected chi connectivity index (χ4v) is 21.8. The minimum Gasteiger partial charge on any atom is -0.274 e. The number of unbranched alkanes of at least 4 members (excludes halogenated alkanes) is 4. The monoisotopic (exact) mass is 1470 g/mol. The first kappa shape index (κ1) is 70.4. The Morgan fingerprint density at radius 3 is 0.850 bits per heavy atom. The summed E-state index contributed by atoms with van der Waals surface area (Å²) in [6.07, 6.45) is 15.2. The lowest BCUT2D eigenvalue weighted by Crippen LogP contribution is -2.43. The van der Waals surface area contributed by atoms with Gasteiger partial charge in [0.15, 0.2) is 0 Å². The molecule has 10 aromatic carbocycles. The molecule has 4 aliphatic rings. The number of carbonyl (C=O) groups excluding carboxylic acids is 8. The van der Waals surface area contributed by atoms with Gasteiger partial charge in [-0.25, -0.2) is 0 Å². The number of imide groups is 4. The summed E-state index contributed by atoms with van der Waals surface area (Å²) in [6.45, 7) is 18.5. The third-order valence-corrected chi connectivity index (χ3v) is 28.0. The van der Waals surface area contributed by atoms with Crippen molar-refractivity contribution in [2.75, 3.05) is 26.2 Å². The van der Waals surface area contributed by atoms with Crippen LogP contribution < -0.4 is 0 Å². The summed E-state index contributed by atoms with van der Waals surface area (Å²) in [6, 6.07) is 38.1. The third-order valence-electron chi connectivity index (χ3n) is 24.6. The Hall–Kier alpha value is -9.54. The second-order valence-electron chi connectivity index (χ2n) is 30.7. The van der Waals surface area contributed by atoms with Gasteiger partial charge in [0.25, 0.3) is 47.3 Å². The van der Waals surface area contributed by atoms with Crippen LogP contribution in [0.4, 0.5) is 0 Å². The van der Waals surface area contributed by atoms with Crippen LogP contribution in [0.25, 0.3) is 127 Å². The first-order chi connectivity index (χ1) is 52.1. The zero-order chi connectivity index (χ0) is 74.1. The molecule has 0 saturated carbocycles. The maximum Gasteiger partial charge on any atom is 0.261 e. The standard InChI is InChI=1S/C92H88N4O8S3/c1-9-17-21-49(13-5)45-93-85(97)60-31-25-53-55-27-33-64-80-68(91(103)95(89(64)101)47-51(15-7)23-19-11-3)43-66(76(82(55)80)58-29-35-62(87(93)99)78(60)74(53)58)71-38-37-70(106-71)57-41-42-105-84(57)73-40-39-72(107-73)67-44-69-81-65(90(102)96(92(69)104)48-52(16-8)24-20-12-4)34-28-56-54-26-32-61-79-63(36-30-59(75(54)79)77(67)83(56)81)88(100)94(86(61)98)46-50(14-6)22-18-10-2/h25-44,49-52H,9-24,45-48H2,1-8H3. The molecular weight excluding hydrogens is 1390 g/mol. The molecule has 7 heterocycles. The second kappa shape index (κ2) is 27.9. The summed E-state index contributed by atoms with van der Waals surface area (Å²) in [7, 11) is 0. The van der Waals surface area contributed by atoms with Crippen LogP contribution in [0.2, 0.25) is 0 Å². The topological polar surface area (TPSA) is 150 Å². The quantitative estimate of drug-likeness (QED) is 0.0267. The number of benzene rings is 10. The second-order valence-corrected chi connectivity index (χ2v) is 33.8. The maximum absolute atomic E-state index is 15.5. The van der Waals surface area contributed by atoms with Crippen molar-refractivity contribution in [3.63, 3.8) is 0 Å². The Kier molecular flexibility index (Phi) is 18.4.